The van der Waals surface area contributed by atoms with Crippen LogP contribution in [0.1, 0.15) is 12.0 Å². The molecule has 2 atom stereocenters. The van der Waals surface area contributed by atoms with E-state index in [9.17, 15) is 4.79 Å². The first kappa shape index (κ1) is 16.9. The molecule has 1 saturated heterocycles. The molecule has 3 nitrogen and oxygen atoms in total. The molecule has 1 aliphatic rings. The van der Waals surface area contributed by atoms with Crippen LogP contribution in [0, 0.1) is 0 Å². The van der Waals surface area contributed by atoms with Gasteiger partial charge >= 0.3 is 5.97 Å². The second-order valence-electron chi connectivity index (χ2n) is 6.93. The summed E-state index contributed by atoms with van der Waals surface area (Å²) in [6.45, 7) is 5.65. The molecule has 2 aromatic carbocycles. The number of cyclic esters (lactones) is 1. The SMILES string of the molecule is C[Si](C)(c1ccccc1)[C@@H]1CC(=O)O[C@H]1COCc1ccccc1. The van der Waals surface area contributed by atoms with Gasteiger partial charge in [-0.25, -0.2) is 0 Å². The van der Waals surface area contributed by atoms with Gasteiger partial charge in [0.2, 0.25) is 0 Å². The van der Waals surface area contributed by atoms with Crippen LogP contribution in [0.15, 0.2) is 60.7 Å². The average molecular weight is 340 g/mol. The van der Waals surface area contributed by atoms with E-state index in [1.165, 1.54) is 5.19 Å². The molecule has 1 aliphatic heterocycles. The molecule has 1 fully saturated rings. The van der Waals surface area contributed by atoms with Crippen molar-refractivity contribution in [2.45, 2.75) is 37.8 Å². The van der Waals surface area contributed by atoms with Crippen LogP contribution in [0.25, 0.3) is 0 Å². The Morgan fingerprint density at radius 3 is 2.33 bits per heavy atom. The first-order chi connectivity index (χ1) is 11.6. The van der Waals surface area contributed by atoms with Crippen LogP contribution in [0.2, 0.25) is 18.6 Å². The van der Waals surface area contributed by atoms with Gasteiger partial charge in [-0.05, 0) is 5.56 Å². The molecule has 2 aromatic rings. The van der Waals surface area contributed by atoms with Crippen LogP contribution < -0.4 is 5.19 Å². The Morgan fingerprint density at radius 2 is 1.67 bits per heavy atom. The zero-order chi connectivity index (χ0) is 17.0. The van der Waals surface area contributed by atoms with Gasteiger partial charge in [0.25, 0.3) is 0 Å². The number of esters is 1. The first-order valence-corrected chi connectivity index (χ1v) is 11.5. The maximum absolute atomic E-state index is 11.9. The van der Waals surface area contributed by atoms with Crippen molar-refractivity contribution in [1.29, 1.82) is 0 Å². The zero-order valence-electron chi connectivity index (χ0n) is 14.3. The summed E-state index contributed by atoms with van der Waals surface area (Å²) >= 11 is 0. The van der Waals surface area contributed by atoms with E-state index in [1.807, 2.05) is 36.4 Å². The summed E-state index contributed by atoms with van der Waals surface area (Å²) in [5.41, 5.74) is 1.39. The highest BCUT2D eigenvalue weighted by Gasteiger charge is 2.46. The lowest BCUT2D eigenvalue weighted by atomic mass is 10.2. The Morgan fingerprint density at radius 1 is 1.04 bits per heavy atom. The molecule has 24 heavy (non-hydrogen) atoms. The largest absolute Gasteiger partial charge is 0.460 e. The molecule has 0 spiro atoms. The molecule has 0 amide bonds. The van der Waals surface area contributed by atoms with Crippen molar-refractivity contribution in [2.75, 3.05) is 6.61 Å². The predicted molar refractivity (Wildman–Crippen MR) is 97.9 cm³/mol. The zero-order valence-corrected chi connectivity index (χ0v) is 15.3. The van der Waals surface area contributed by atoms with Gasteiger partial charge in [-0.3, -0.25) is 4.79 Å². The van der Waals surface area contributed by atoms with Crippen molar-refractivity contribution in [3.8, 4) is 0 Å². The van der Waals surface area contributed by atoms with Gasteiger partial charge in [-0.2, -0.15) is 0 Å². The van der Waals surface area contributed by atoms with E-state index in [2.05, 4.69) is 37.4 Å². The monoisotopic (exact) mass is 340 g/mol. The summed E-state index contributed by atoms with van der Waals surface area (Å²) < 4.78 is 11.4. The van der Waals surface area contributed by atoms with Crippen molar-refractivity contribution in [1.82, 2.24) is 0 Å². The molecule has 0 aliphatic carbocycles. The highest BCUT2D eigenvalue weighted by molar-refractivity contribution is 6.91. The standard InChI is InChI=1S/C20H24O3Si/c1-24(2,17-11-7-4-8-12-17)19-13-20(21)23-18(19)15-22-14-16-9-5-3-6-10-16/h3-12,18-19H,13-15H2,1-2H3/t18-,19+/m0/s1. The fourth-order valence-corrected chi connectivity index (χ4v) is 6.68. The van der Waals surface area contributed by atoms with E-state index in [4.69, 9.17) is 9.47 Å². The van der Waals surface area contributed by atoms with Gasteiger partial charge in [-0.15, -0.1) is 0 Å². The summed E-state index contributed by atoms with van der Waals surface area (Å²) in [5, 5.41) is 1.36. The van der Waals surface area contributed by atoms with E-state index in [0.717, 1.165) is 5.56 Å². The maximum atomic E-state index is 11.9. The van der Waals surface area contributed by atoms with Crippen LogP contribution in [0.3, 0.4) is 0 Å². The summed E-state index contributed by atoms with van der Waals surface area (Å²) in [5.74, 6) is -0.0928. The lowest BCUT2D eigenvalue weighted by molar-refractivity contribution is -0.143. The highest BCUT2D eigenvalue weighted by Crippen LogP contribution is 2.36. The molecule has 126 valence electrons. The lowest BCUT2D eigenvalue weighted by Gasteiger charge is -2.32. The van der Waals surface area contributed by atoms with E-state index >= 15 is 0 Å². The van der Waals surface area contributed by atoms with Crippen LogP contribution in [-0.4, -0.2) is 26.8 Å². The van der Waals surface area contributed by atoms with Gasteiger partial charge in [0.1, 0.15) is 6.10 Å². The number of carbonyl (C=O) groups excluding carboxylic acids is 1. The molecule has 0 radical (unpaired) electrons. The minimum atomic E-state index is -1.81. The third kappa shape index (κ3) is 3.76. The molecule has 3 rings (SSSR count). The Balaban J connectivity index is 1.67. The Bertz CT molecular complexity index is 670. The fourth-order valence-electron chi connectivity index (χ4n) is 3.43. The molecule has 0 N–H and O–H groups in total. The predicted octanol–water partition coefficient (Wildman–Crippen LogP) is 3.50. The molecule has 0 saturated carbocycles. The number of hydrogen-bond acceptors (Lipinski definition) is 3. The van der Waals surface area contributed by atoms with E-state index < -0.39 is 8.07 Å². The van der Waals surface area contributed by atoms with E-state index in [0.29, 0.717) is 19.6 Å². The van der Waals surface area contributed by atoms with Crippen LogP contribution in [0.5, 0.6) is 0 Å². The molecule has 4 heteroatoms. The normalized spacial score (nSPS) is 20.8. The maximum Gasteiger partial charge on any atom is 0.306 e. The molecular weight excluding hydrogens is 316 g/mol. The van der Waals surface area contributed by atoms with Gasteiger partial charge in [0.05, 0.1) is 21.3 Å². The summed E-state index contributed by atoms with van der Waals surface area (Å²) in [4.78, 5) is 11.9. The Kier molecular flexibility index (Phi) is 5.16. The van der Waals surface area contributed by atoms with Crippen LogP contribution >= 0.6 is 0 Å². The third-order valence-electron chi connectivity index (χ3n) is 4.96. The highest BCUT2D eigenvalue weighted by atomic mass is 28.3. The summed E-state index contributed by atoms with van der Waals surface area (Å²) in [6, 6.07) is 20.6. The average Bonchev–Trinajstić information content (AvgIpc) is 2.98. The molecule has 0 unspecified atom stereocenters. The third-order valence-corrected chi connectivity index (χ3v) is 9.21. The van der Waals surface area contributed by atoms with E-state index in [1.54, 1.807) is 0 Å². The molecule has 0 bridgehead atoms. The van der Waals surface area contributed by atoms with Gasteiger partial charge in [0.15, 0.2) is 0 Å². The number of hydrogen-bond donors (Lipinski definition) is 0. The first-order valence-electron chi connectivity index (χ1n) is 8.44. The fraction of sp³-hybridized carbons (Fsp3) is 0.350. The van der Waals surface area contributed by atoms with Crippen molar-refractivity contribution >= 4 is 19.2 Å². The number of ether oxygens (including phenoxy) is 2. The Hall–Kier alpha value is -1.91. The minimum Gasteiger partial charge on any atom is -0.460 e. The summed E-state index contributed by atoms with van der Waals surface area (Å²) in [7, 11) is -1.81. The van der Waals surface area contributed by atoms with E-state index in [-0.39, 0.29) is 17.6 Å². The van der Waals surface area contributed by atoms with Crippen LogP contribution in [0.4, 0.5) is 0 Å². The summed E-state index contributed by atoms with van der Waals surface area (Å²) in [6.07, 6.45) is 0.371. The molecule has 1 heterocycles. The second-order valence-corrected chi connectivity index (χ2v) is 11.7. The number of rotatable bonds is 6. The smallest absolute Gasteiger partial charge is 0.306 e. The quantitative estimate of drug-likeness (QED) is 0.596. The molecular formula is C20H24O3Si. The van der Waals surface area contributed by atoms with Gasteiger partial charge in [-0.1, -0.05) is 78.9 Å². The number of benzene rings is 2. The minimum absolute atomic E-state index is 0.0928. The van der Waals surface area contributed by atoms with Crippen molar-refractivity contribution in [2.24, 2.45) is 0 Å². The topological polar surface area (TPSA) is 35.5 Å². The Labute approximate surface area is 144 Å². The van der Waals surface area contributed by atoms with Crippen molar-refractivity contribution in [3.05, 3.63) is 66.2 Å². The molecule has 0 aromatic heterocycles. The second kappa shape index (κ2) is 7.32. The lowest BCUT2D eigenvalue weighted by Crippen LogP contribution is -2.49. The number of carbonyl (C=O) groups is 1. The van der Waals surface area contributed by atoms with Crippen molar-refractivity contribution < 1.29 is 14.3 Å². The van der Waals surface area contributed by atoms with Crippen LogP contribution in [-0.2, 0) is 20.9 Å². The van der Waals surface area contributed by atoms with Gasteiger partial charge in [0, 0.05) is 12.0 Å². The van der Waals surface area contributed by atoms with Gasteiger partial charge < -0.3 is 9.47 Å². The van der Waals surface area contributed by atoms with Crippen molar-refractivity contribution in [3.63, 3.8) is 0 Å².